The zero-order valence-corrected chi connectivity index (χ0v) is 13.1. The third kappa shape index (κ3) is 3.68. The number of nitrogens with one attached hydrogen (secondary N) is 1. The van der Waals surface area contributed by atoms with Gasteiger partial charge in [-0.15, -0.1) is 24.0 Å². The van der Waals surface area contributed by atoms with Crippen LogP contribution in [0.2, 0.25) is 0 Å². The van der Waals surface area contributed by atoms with Crippen molar-refractivity contribution in [2.24, 2.45) is 4.99 Å². The minimum atomic E-state index is -2.96. The van der Waals surface area contributed by atoms with Gasteiger partial charge in [0.25, 0.3) is 0 Å². The van der Waals surface area contributed by atoms with Gasteiger partial charge in [-0.3, -0.25) is 4.99 Å². The van der Waals surface area contributed by atoms with E-state index in [0.29, 0.717) is 25.4 Å². The number of aliphatic imine (C=N–C) groups is 1. The molecule has 17 heavy (non-hydrogen) atoms. The molecule has 0 spiro atoms. The molecule has 2 rings (SSSR count). The fourth-order valence-corrected chi connectivity index (χ4v) is 3.49. The SMILES string of the molecule is CN1CCN=C1NCCN1CCCS1(=O)=O.I. The summed E-state index contributed by atoms with van der Waals surface area (Å²) in [5.74, 6) is 1.17. The summed E-state index contributed by atoms with van der Waals surface area (Å²) in [4.78, 5) is 6.32. The van der Waals surface area contributed by atoms with Crippen molar-refractivity contribution in [3.8, 4) is 0 Å². The monoisotopic (exact) mass is 374 g/mol. The van der Waals surface area contributed by atoms with Crippen molar-refractivity contribution >= 4 is 40.0 Å². The lowest BCUT2D eigenvalue weighted by Crippen LogP contribution is -2.40. The molecule has 0 atom stereocenters. The van der Waals surface area contributed by atoms with E-state index in [1.165, 1.54) is 0 Å². The van der Waals surface area contributed by atoms with Crippen LogP contribution in [0.5, 0.6) is 0 Å². The summed E-state index contributed by atoms with van der Waals surface area (Å²) in [6.45, 7) is 3.58. The topological polar surface area (TPSA) is 65.0 Å². The molecule has 1 saturated heterocycles. The second-order valence-electron chi connectivity index (χ2n) is 4.12. The Hall–Kier alpha value is -0.0900. The normalized spacial score (nSPS) is 23.4. The lowest BCUT2D eigenvalue weighted by Gasteiger charge is -2.18. The quantitative estimate of drug-likeness (QED) is 0.679. The van der Waals surface area contributed by atoms with Crippen LogP contribution >= 0.6 is 24.0 Å². The van der Waals surface area contributed by atoms with Gasteiger partial charge < -0.3 is 10.2 Å². The van der Waals surface area contributed by atoms with E-state index in [9.17, 15) is 8.42 Å². The average Bonchev–Trinajstić information content (AvgIpc) is 2.75. The van der Waals surface area contributed by atoms with Gasteiger partial charge in [-0.2, -0.15) is 0 Å². The van der Waals surface area contributed by atoms with Gasteiger partial charge in [0.05, 0.1) is 12.3 Å². The minimum Gasteiger partial charge on any atom is -0.355 e. The van der Waals surface area contributed by atoms with Crippen molar-refractivity contribution in [1.82, 2.24) is 14.5 Å². The van der Waals surface area contributed by atoms with E-state index < -0.39 is 10.0 Å². The molecule has 2 aliphatic heterocycles. The maximum atomic E-state index is 11.5. The Morgan fingerprint density at radius 3 is 2.71 bits per heavy atom. The number of rotatable bonds is 3. The first-order chi connectivity index (χ1) is 7.59. The molecule has 0 unspecified atom stereocenters. The number of sulfonamides is 1. The van der Waals surface area contributed by atoms with Crippen molar-refractivity contribution in [2.45, 2.75) is 6.42 Å². The van der Waals surface area contributed by atoms with E-state index >= 15 is 0 Å². The molecule has 8 heteroatoms. The van der Waals surface area contributed by atoms with E-state index in [-0.39, 0.29) is 24.0 Å². The molecule has 0 amide bonds. The zero-order chi connectivity index (χ0) is 11.6. The van der Waals surface area contributed by atoms with Crippen LogP contribution in [-0.4, -0.2) is 69.1 Å². The van der Waals surface area contributed by atoms with Crippen LogP contribution in [0, 0.1) is 0 Å². The van der Waals surface area contributed by atoms with Crippen molar-refractivity contribution in [3.63, 3.8) is 0 Å². The Bertz CT molecular complexity index is 384. The van der Waals surface area contributed by atoms with E-state index in [0.717, 1.165) is 25.5 Å². The van der Waals surface area contributed by atoms with Crippen LogP contribution < -0.4 is 5.32 Å². The third-order valence-electron chi connectivity index (χ3n) is 2.91. The summed E-state index contributed by atoms with van der Waals surface area (Å²) in [6, 6.07) is 0. The number of hydrogen-bond acceptors (Lipinski definition) is 5. The third-order valence-corrected chi connectivity index (χ3v) is 4.86. The van der Waals surface area contributed by atoms with Gasteiger partial charge in [0, 0.05) is 33.2 Å². The molecule has 2 aliphatic rings. The average molecular weight is 374 g/mol. The highest BCUT2D eigenvalue weighted by Gasteiger charge is 2.27. The second kappa shape index (κ2) is 6.19. The van der Waals surface area contributed by atoms with Gasteiger partial charge in [0.2, 0.25) is 10.0 Å². The first-order valence-corrected chi connectivity index (χ1v) is 7.18. The molecule has 0 bridgehead atoms. The molecule has 1 fully saturated rings. The van der Waals surface area contributed by atoms with Crippen LogP contribution in [0.25, 0.3) is 0 Å². The van der Waals surface area contributed by atoms with Crippen molar-refractivity contribution in [2.75, 3.05) is 45.5 Å². The molecule has 0 aliphatic carbocycles. The van der Waals surface area contributed by atoms with E-state index in [2.05, 4.69) is 10.3 Å². The molecule has 2 heterocycles. The summed E-state index contributed by atoms with van der Waals surface area (Å²) in [5, 5.41) is 3.17. The molecule has 0 aromatic heterocycles. The summed E-state index contributed by atoms with van der Waals surface area (Å²) in [5.41, 5.74) is 0. The highest BCUT2D eigenvalue weighted by atomic mass is 127. The number of guanidine groups is 1. The van der Waals surface area contributed by atoms with E-state index in [1.807, 2.05) is 11.9 Å². The Morgan fingerprint density at radius 1 is 1.41 bits per heavy atom. The van der Waals surface area contributed by atoms with Crippen molar-refractivity contribution < 1.29 is 8.42 Å². The standard InChI is InChI=1S/C9H18N4O2S.HI/c1-12-6-3-10-9(12)11-4-7-13-5-2-8-16(13,14)15;/h2-8H2,1H3,(H,10,11);1H. The number of halogens is 1. The molecule has 6 nitrogen and oxygen atoms in total. The predicted octanol–water partition coefficient (Wildman–Crippen LogP) is -0.469. The summed E-state index contributed by atoms with van der Waals surface area (Å²) in [6.07, 6.45) is 0.753. The first kappa shape index (κ1) is 15.0. The summed E-state index contributed by atoms with van der Waals surface area (Å²) < 4.78 is 24.6. The van der Waals surface area contributed by atoms with Crippen LogP contribution in [0.15, 0.2) is 4.99 Å². The van der Waals surface area contributed by atoms with E-state index in [1.54, 1.807) is 4.31 Å². The van der Waals surface area contributed by atoms with Gasteiger partial charge >= 0.3 is 0 Å². The molecule has 100 valence electrons. The Morgan fingerprint density at radius 2 is 2.18 bits per heavy atom. The smallest absolute Gasteiger partial charge is 0.214 e. The van der Waals surface area contributed by atoms with Gasteiger partial charge in [0.1, 0.15) is 0 Å². The molecular formula is C9H19IN4O2S. The number of likely N-dealkylation sites (N-methyl/N-ethyl adjacent to an activating group) is 1. The fraction of sp³-hybridized carbons (Fsp3) is 0.889. The van der Waals surface area contributed by atoms with Crippen LogP contribution in [0.4, 0.5) is 0 Å². The molecule has 0 saturated carbocycles. The van der Waals surface area contributed by atoms with E-state index in [4.69, 9.17) is 0 Å². The van der Waals surface area contributed by atoms with Crippen LogP contribution in [0.3, 0.4) is 0 Å². The van der Waals surface area contributed by atoms with Crippen molar-refractivity contribution in [1.29, 1.82) is 0 Å². The molecule has 0 aromatic rings. The van der Waals surface area contributed by atoms with Crippen LogP contribution in [-0.2, 0) is 10.0 Å². The first-order valence-electron chi connectivity index (χ1n) is 5.57. The summed E-state index contributed by atoms with van der Waals surface area (Å²) in [7, 11) is -0.979. The highest BCUT2D eigenvalue weighted by Crippen LogP contribution is 2.11. The molecule has 0 aromatic carbocycles. The lowest BCUT2D eigenvalue weighted by molar-refractivity contribution is 0.440. The van der Waals surface area contributed by atoms with Gasteiger partial charge in [-0.25, -0.2) is 12.7 Å². The predicted molar refractivity (Wildman–Crippen MR) is 78.3 cm³/mol. The van der Waals surface area contributed by atoms with Crippen LogP contribution in [0.1, 0.15) is 6.42 Å². The fourth-order valence-electron chi connectivity index (χ4n) is 1.96. The summed E-state index contributed by atoms with van der Waals surface area (Å²) >= 11 is 0. The zero-order valence-electron chi connectivity index (χ0n) is 9.92. The molecule has 0 radical (unpaired) electrons. The minimum absolute atomic E-state index is 0. The Balaban J connectivity index is 0.00000144. The van der Waals surface area contributed by atoms with Gasteiger partial charge in [-0.05, 0) is 6.42 Å². The Kier molecular flexibility index (Phi) is 5.45. The number of hydrogen-bond donors (Lipinski definition) is 1. The maximum Gasteiger partial charge on any atom is 0.214 e. The Labute approximate surface area is 120 Å². The molecular weight excluding hydrogens is 355 g/mol. The highest BCUT2D eigenvalue weighted by molar-refractivity contribution is 14.0. The van der Waals surface area contributed by atoms with Gasteiger partial charge in [0.15, 0.2) is 5.96 Å². The lowest BCUT2D eigenvalue weighted by atomic mass is 10.5. The number of nitrogens with zero attached hydrogens (tertiary/aromatic N) is 3. The second-order valence-corrected chi connectivity index (χ2v) is 6.21. The van der Waals surface area contributed by atoms with Crippen molar-refractivity contribution in [3.05, 3.63) is 0 Å². The molecule has 1 N–H and O–H groups in total. The maximum absolute atomic E-state index is 11.5. The van der Waals surface area contributed by atoms with Gasteiger partial charge in [-0.1, -0.05) is 0 Å². The largest absolute Gasteiger partial charge is 0.355 e.